The summed E-state index contributed by atoms with van der Waals surface area (Å²) in [7, 11) is 2.73. The molecule has 13 heteroatoms. The van der Waals surface area contributed by atoms with E-state index in [1.165, 1.54) is 26.4 Å². The molecule has 3 N–H and O–H groups in total. The lowest BCUT2D eigenvalue weighted by atomic mass is 10.2. The van der Waals surface area contributed by atoms with Gasteiger partial charge in [-0.15, -0.1) is 0 Å². The van der Waals surface area contributed by atoms with Crippen LogP contribution in [0.2, 0.25) is 0 Å². The van der Waals surface area contributed by atoms with Gasteiger partial charge in [-0.3, -0.25) is 0 Å². The molecule has 1 heterocycles. The number of methoxy groups -OCH3 is 2. The summed E-state index contributed by atoms with van der Waals surface area (Å²) in [6.07, 6.45) is -10.3. The number of nitrogens with zero attached hydrogens (tertiary/aromatic N) is 3. The molecule has 1 aromatic heterocycles. The molecule has 0 amide bonds. The molecule has 2 aromatic rings. The van der Waals surface area contributed by atoms with Crippen LogP contribution in [0.1, 0.15) is 11.4 Å². The van der Waals surface area contributed by atoms with E-state index in [0.717, 1.165) is 0 Å². The van der Waals surface area contributed by atoms with E-state index in [9.17, 15) is 26.3 Å². The van der Waals surface area contributed by atoms with Crippen LogP contribution >= 0.6 is 0 Å². The van der Waals surface area contributed by atoms with E-state index in [-0.39, 0.29) is 17.5 Å². The Kier molecular flexibility index (Phi) is 5.85. The van der Waals surface area contributed by atoms with Crippen molar-refractivity contribution < 1.29 is 35.8 Å². The van der Waals surface area contributed by atoms with Crippen LogP contribution < -0.4 is 20.5 Å². The highest BCUT2D eigenvalue weighted by Crippen LogP contribution is 2.34. The third-order valence-electron chi connectivity index (χ3n) is 3.19. The first-order chi connectivity index (χ1) is 12.9. The van der Waals surface area contributed by atoms with E-state index < -0.39 is 35.6 Å². The zero-order valence-corrected chi connectivity index (χ0v) is 14.3. The quantitative estimate of drug-likeness (QED) is 0.455. The Morgan fingerprint density at radius 2 is 1.54 bits per heavy atom. The van der Waals surface area contributed by atoms with Crippen LogP contribution in [0, 0.1) is 0 Å². The smallest absolute Gasteiger partial charge is 0.433 e. The zero-order chi connectivity index (χ0) is 21.1. The van der Waals surface area contributed by atoms with Crippen molar-refractivity contribution in [3.63, 3.8) is 0 Å². The van der Waals surface area contributed by atoms with Crippen molar-refractivity contribution in [1.82, 2.24) is 9.97 Å². The van der Waals surface area contributed by atoms with Crippen LogP contribution in [0.5, 0.6) is 11.5 Å². The fourth-order valence-corrected chi connectivity index (χ4v) is 1.96. The Morgan fingerprint density at radius 1 is 0.964 bits per heavy atom. The van der Waals surface area contributed by atoms with Crippen molar-refractivity contribution in [2.24, 2.45) is 10.7 Å². The lowest BCUT2D eigenvalue weighted by Crippen LogP contribution is -2.23. The molecule has 2 rings (SSSR count). The largest absolute Gasteiger partial charge is 0.497 e. The number of aliphatic imine (C=N–C) groups is 1. The number of aromatic nitrogens is 2. The summed E-state index contributed by atoms with van der Waals surface area (Å²) < 4.78 is 87.0. The van der Waals surface area contributed by atoms with Gasteiger partial charge >= 0.3 is 12.4 Å². The topological polar surface area (TPSA) is 94.7 Å². The fraction of sp³-hybridized carbons (Fsp3) is 0.267. The van der Waals surface area contributed by atoms with E-state index in [4.69, 9.17) is 15.2 Å². The minimum Gasteiger partial charge on any atom is -0.497 e. The van der Waals surface area contributed by atoms with Gasteiger partial charge in [0.15, 0.2) is 11.4 Å². The predicted octanol–water partition coefficient (Wildman–Crippen LogP) is 3.59. The molecule has 28 heavy (non-hydrogen) atoms. The number of benzene rings is 1. The number of alkyl halides is 6. The van der Waals surface area contributed by atoms with E-state index >= 15 is 0 Å². The number of hydrogen-bond acceptors (Lipinski definition) is 5. The highest BCUT2D eigenvalue weighted by Gasteiger charge is 2.39. The molecular weight excluding hydrogens is 396 g/mol. The number of ether oxygens (including phenoxy) is 2. The summed E-state index contributed by atoms with van der Waals surface area (Å²) in [5.74, 6) is -1.04. The van der Waals surface area contributed by atoms with Crippen molar-refractivity contribution in [2.45, 2.75) is 12.4 Å². The average molecular weight is 409 g/mol. The third-order valence-corrected chi connectivity index (χ3v) is 3.19. The fourth-order valence-electron chi connectivity index (χ4n) is 1.96. The molecule has 0 aliphatic carbocycles. The number of rotatable bonds is 4. The van der Waals surface area contributed by atoms with Crippen molar-refractivity contribution in [2.75, 3.05) is 19.5 Å². The first kappa shape index (κ1) is 21.1. The van der Waals surface area contributed by atoms with Gasteiger partial charge in [0, 0.05) is 6.07 Å². The monoisotopic (exact) mass is 409 g/mol. The van der Waals surface area contributed by atoms with E-state index in [0.29, 0.717) is 5.75 Å². The molecule has 7 nitrogen and oxygen atoms in total. The van der Waals surface area contributed by atoms with Crippen LogP contribution in [0.15, 0.2) is 29.3 Å². The molecule has 0 aliphatic rings. The number of anilines is 1. The lowest BCUT2D eigenvalue weighted by molar-refractivity contribution is -0.147. The van der Waals surface area contributed by atoms with Crippen molar-refractivity contribution in [3.05, 3.63) is 35.7 Å². The molecule has 0 saturated heterocycles. The number of nitrogens with two attached hydrogens (primary N) is 1. The molecule has 152 valence electrons. The average Bonchev–Trinajstić information content (AvgIpc) is 2.59. The minimum absolute atomic E-state index is 0.200. The number of guanidine groups is 1. The van der Waals surface area contributed by atoms with Gasteiger partial charge in [0.1, 0.15) is 11.5 Å². The van der Waals surface area contributed by atoms with Gasteiger partial charge in [0.25, 0.3) is 5.95 Å². The number of nitrogens with one attached hydrogen (secondary N) is 1. The van der Waals surface area contributed by atoms with E-state index in [1.807, 2.05) is 0 Å². The van der Waals surface area contributed by atoms with Crippen LogP contribution in [-0.2, 0) is 12.4 Å². The van der Waals surface area contributed by atoms with Gasteiger partial charge in [-0.1, -0.05) is 0 Å². The molecule has 0 atom stereocenters. The van der Waals surface area contributed by atoms with Crippen molar-refractivity contribution in [3.8, 4) is 11.5 Å². The summed E-state index contributed by atoms with van der Waals surface area (Å²) in [6.45, 7) is 0. The summed E-state index contributed by atoms with van der Waals surface area (Å²) in [5.41, 5.74) is 2.16. The van der Waals surface area contributed by atoms with Gasteiger partial charge in [-0.05, 0) is 18.2 Å². The molecule has 0 radical (unpaired) electrons. The normalized spacial score (nSPS) is 12.6. The second kappa shape index (κ2) is 7.78. The Balaban J connectivity index is 2.44. The molecule has 1 aromatic carbocycles. The predicted molar refractivity (Wildman–Crippen MR) is 86.5 cm³/mol. The van der Waals surface area contributed by atoms with Gasteiger partial charge in [0.05, 0.1) is 19.9 Å². The molecule has 0 unspecified atom stereocenters. The second-order valence-electron chi connectivity index (χ2n) is 5.12. The summed E-state index contributed by atoms with van der Waals surface area (Å²) >= 11 is 0. The van der Waals surface area contributed by atoms with Crippen molar-refractivity contribution in [1.29, 1.82) is 0 Å². The maximum atomic E-state index is 12.8. The number of hydrogen-bond donors (Lipinski definition) is 2. The molecular formula is C15H13F6N5O2. The minimum atomic E-state index is -5.13. The highest BCUT2D eigenvalue weighted by atomic mass is 19.4. The van der Waals surface area contributed by atoms with Gasteiger partial charge in [0.2, 0.25) is 5.96 Å². The van der Waals surface area contributed by atoms with E-state index in [1.54, 1.807) is 6.07 Å². The maximum Gasteiger partial charge on any atom is 0.433 e. The Bertz CT molecular complexity index is 850. The van der Waals surface area contributed by atoms with Gasteiger partial charge in [-0.25, -0.2) is 9.97 Å². The van der Waals surface area contributed by atoms with Crippen LogP contribution in [-0.4, -0.2) is 30.1 Å². The summed E-state index contributed by atoms with van der Waals surface area (Å²) in [5, 5.41) is 2.48. The highest BCUT2D eigenvalue weighted by molar-refractivity contribution is 5.95. The Hall–Kier alpha value is -3.25. The molecule has 0 fully saturated rings. The van der Waals surface area contributed by atoms with E-state index in [2.05, 4.69) is 20.3 Å². The van der Waals surface area contributed by atoms with Crippen LogP contribution in [0.3, 0.4) is 0 Å². The SMILES string of the molecule is COc1ccc(OC)c(NC(N)=Nc2nc(C(F)(F)F)cc(C(F)(F)F)n2)c1. The second-order valence-corrected chi connectivity index (χ2v) is 5.12. The summed E-state index contributed by atoms with van der Waals surface area (Å²) in [4.78, 5) is 9.35. The molecule has 0 saturated carbocycles. The number of halogens is 6. The lowest BCUT2D eigenvalue weighted by Gasteiger charge is -2.13. The van der Waals surface area contributed by atoms with Crippen LogP contribution in [0.4, 0.5) is 38.0 Å². The maximum absolute atomic E-state index is 12.8. The molecule has 0 aliphatic heterocycles. The Morgan fingerprint density at radius 3 is 2.00 bits per heavy atom. The van der Waals surface area contributed by atoms with Crippen molar-refractivity contribution >= 4 is 17.6 Å². The van der Waals surface area contributed by atoms with Crippen LogP contribution in [0.25, 0.3) is 0 Å². The van der Waals surface area contributed by atoms with Gasteiger partial charge < -0.3 is 20.5 Å². The third kappa shape index (κ3) is 5.14. The standard InChI is InChI=1S/C15H13F6N5O2/c1-27-7-3-4-9(28-2)8(5-7)23-12(22)26-13-24-10(14(16,17)18)6-11(25-13)15(19,20)21/h3-6H,1-2H3,(H3,22,23,24,25,26). The molecule has 0 bridgehead atoms. The summed E-state index contributed by atoms with van der Waals surface area (Å²) in [6, 6.07) is 4.27. The first-order valence-electron chi connectivity index (χ1n) is 7.30. The first-order valence-corrected chi connectivity index (χ1v) is 7.30. The van der Waals surface area contributed by atoms with Gasteiger partial charge in [-0.2, -0.15) is 31.3 Å². The molecule has 0 spiro atoms. The zero-order valence-electron chi connectivity index (χ0n) is 14.3. The Labute approximate surface area is 154 Å².